The van der Waals surface area contributed by atoms with E-state index in [1.807, 2.05) is 29.8 Å². The first-order valence-electron chi connectivity index (χ1n) is 8.85. The van der Waals surface area contributed by atoms with Gasteiger partial charge in [-0.15, -0.1) is 0 Å². The molecular formula is C20H20ClN3O3S. The molecular weight excluding hydrogens is 398 g/mol. The average molecular weight is 418 g/mol. The van der Waals surface area contributed by atoms with Gasteiger partial charge < -0.3 is 9.30 Å². The predicted octanol–water partition coefficient (Wildman–Crippen LogP) is 3.71. The van der Waals surface area contributed by atoms with Crippen LogP contribution >= 0.6 is 11.6 Å². The van der Waals surface area contributed by atoms with Crippen molar-refractivity contribution in [3.8, 4) is 5.75 Å². The highest BCUT2D eigenvalue weighted by Crippen LogP contribution is 2.32. The molecule has 8 heteroatoms. The smallest absolute Gasteiger partial charge is 0.243 e. The van der Waals surface area contributed by atoms with Gasteiger partial charge in [0.15, 0.2) is 0 Å². The molecule has 2 aromatic heterocycles. The summed E-state index contributed by atoms with van der Waals surface area (Å²) in [6.07, 6.45) is 6.44. The van der Waals surface area contributed by atoms with Crippen molar-refractivity contribution in [1.29, 1.82) is 0 Å². The Kier molecular flexibility index (Phi) is 4.91. The average Bonchev–Trinajstić information content (AvgIpc) is 3.05. The first-order valence-corrected chi connectivity index (χ1v) is 10.7. The number of ether oxygens (including phenoxy) is 1. The minimum absolute atomic E-state index is 0.171. The zero-order valence-corrected chi connectivity index (χ0v) is 17.2. The number of pyridine rings is 1. The van der Waals surface area contributed by atoms with Crippen molar-refractivity contribution in [3.05, 3.63) is 59.4 Å². The molecule has 3 heterocycles. The van der Waals surface area contributed by atoms with Crippen LogP contribution in [-0.4, -0.2) is 42.5 Å². The Labute approximate surface area is 169 Å². The Morgan fingerprint density at radius 1 is 1.25 bits per heavy atom. The standard InChI is InChI=1S/C20H20ClN3O3S/c1-23-13-17(16-4-3-9-22-20(16)23)14-7-10-24(11-8-14)28(25,26)15-5-6-19(27-2)18(21)12-15/h3-7,9,12-13H,8,10-11H2,1-2H3. The molecule has 0 saturated carbocycles. The third-order valence-electron chi connectivity index (χ3n) is 5.01. The molecule has 0 atom stereocenters. The summed E-state index contributed by atoms with van der Waals surface area (Å²) in [4.78, 5) is 4.59. The van der Waals surface area contributed by atoms with Gasteiger partial charge in [-0.2, -0.15) is 4.31 Å². The predicted molar refractivity (Wildman–Crippen MR) is 110 cm³/mol. The molecule has 1 aromatic carbocycles. The fourth-order valence-electron chi connectivity index (χ4n) is 3.54. The summed E-state index contributed by atoms with van der Waals surface area (Å²) >= 11 is 6.11. The lowest BCUT2D eigenvalue weighted by atomic mass is 10.0. The van der Waals surface area contributed by atoms with Crippen LogP contribution < -0.4 is 4.74 Å². The number of benzene rings is 1. The summed E-state index contributed by atoms with van der Waals surface area (Å²) in [6.45, 7) is 0.729. The van der Waals surface area contributed by atoms with E-state index in [4.69, 9.17) is 16.3 Å². The highest BCUT2D eigenvalue weighted by molar-refractivity contribution is 7.89. The molecule has 6 nitrogen and oxygen atoms in total. The lowest BCUT2D eigenvalue weighted by Crippen LogP contribution is -2.34. The number of fused-ring (bicyclic) bond motifs is 1. The molecule has 0 saturated heterocycles. The number of methoxy groups -OCH3 is 1. The number of rotatable bonds is 4. The molecule has 0 radical (unpaired) electrons. The largest absolute Gasteiger partial charge is 0.495 e. The van der Waals surface area contributed by atoms with Crippen molar-refractivity contribution in [2.24, 2.45) is 7.05 Å². The SMILES string of the molecule is COc1ccc(S(=O)(=O)N2CC=C(c3cn(C)c4ncccc34)CC2)cc1Cl. The molecule has 28 heavy (non-hydrogen) atoms. The fourth-order valence-corrected chi connectivity index (χ4v) is 5.27. The van der Waals surface area contributed by atoms with Gasteiger partial charge in [-0.1, -0.05) is 17.7 Å². The summed E-state index contributed by atoms with van der Waals surface area (Å²) in [7, 11) is -0.161. The van der Waals surface area contributed by atoms with Crippen LogP contribution in [0, 0.1) is 0 Å². The van der Waals surface area contributed by atoms with Gasteiger partial charge in [0.25, 0.3) is 0 Å². The maximum atomic E-state index is 13.0. The Hall–Kier alpha value is -2.35. The van der Waals surface area contributed by atoms with E-state index in [9.17, 15) is 8.42 Å². The molecule has 146 valence electrons. The van der Waals surface area contributed by atoms with Crippen LogP contribution in [-0.2, 0) is 17.1 Å². The molecule has 1 aliphatic rings. The van der Waals surface area contributed by atoms with Crippen molar-refractivity contribution in [2.75, 3.05) is 20.2 Å². The molecule has 0 amide bonds. The normalized spacial score (nSPS) is 15.6. The first-order chi connectivity index (χ1) is 13.4. The minimum atomic E-state index is -3.62. The van der Waals surface area contributed by atoms with E-state index in [-0.39, 0.29) is 9.92 Å². The number of halogens is 1. The highest BCUT2D eigenvalue weighted by atomic mass is 35.5. The van der Waals surface area contributed by atoms with Gasteiger partial charge in [0.2, 0.25) is 10.0 Å². The quantitative estimate of drug-likeness (QED) is 0.649. The number of sulfonamides is 1. The van der Waals surface area contributed by atoms with Crippen LogP contribution in [0.3, 0.4) is 0 Å². The lowest BCUT2D eigenvalue weighted by Gasteiger charge is -2.26. The van der Waals surface area contributed by atoms with Gasteiger partial charge in [0.1, 0.15) is 11.4 Å². The van der Waals surface area contributed by atoms with Gasteiger partial charge in [0.05, 0.1) is 17.0 Å². The molecule has 0 bridgehead atoms. The number of aromatic nitrogens is 2. The molecule has 0 N–H and O–H groups in total. The van der Waals surface area contributed by atoms with E-state index < -0.39 is 10.0 Å². The van der Waals surface area contributed by atoms with E-state index in [1.54, 1.807) is 12.3 Å². The van der Waals surface area contributed by atoms with Crippen molar-refractivity contribution in [3.63, 3.8) is 0 Å². The third-order valence-corrected chi connectivity index (χ3v) is 7.17. The van der Waals surface area contributed by atoms with Gasteiger partial charge in [-0.25, -0.2) is 13.4 Å². The topological polar surface area (TPSA) is 64.4 Å². The molecule has 0 unspecified atom stereocenters. The summed E-state index contributed by atoms with van der Waals surface area (Å²) in [5.74, 6) is 0.450. The van der Waals surface area contributed by atoms with E-state index in [0.717, 1.165) is 22.2 Å². The Bertz CT molecular complexity index is 1180. The van der Waals surface area contributed by atoms with E-state index in [0.29, 0.717) is 25.3 Å². The van der Waals surface area contributed by atoms with Crippen LogP contribution in [0.2, 0.25) is 5.02 Å². The number of hydrogen-bond acceptors (Lipinski definition) is 4. The van der Waals surface area contributed by atoms with Crippen molar-refractivity contribution < 1.29 is 13.2 Å². The second-order valence-electron chi connectivity index (χ2n) is 6.67. The van der Waals surface area contributed by atoms with Crippen LogP contribution in [0.4, 0.5) is 0 Å². The van der Waals surface area contributed by atoms with Gasteiger partial charge in [-0.05, 0) is 42.3 Å². The number of aryl methyl sites for hydroxylation is 1. The second kappa shape index (κ2) is 7.24. The molecule has 4 rings (SSSR count). The Morgan fingerprint density at radius 3 is 2.75 bits per heavy atom. The van der Waals surface area contributed by atoms with E-state index in [1.165, 1.54) is 23.5 Å². The molecule has 0 aliphatic carbocycles. The molecule has 0 fully saturated rings. The maximum absolute atomic E-state index is 13.0. The summed E-state index contributed by atoms with van der Waals surface area (Å²) in [6, 6.07) is 8.49. The first kappa shape index (κ1) is 19.0. The zero-order valence-electron chi connectivity index (χ0n) is 15.6. The van der Waals surface area contributed by atoms with Crippen LogP contribution in [0.15, 0.2) is 53.7 Å². The zero-order chi connectivity index (χ0) is 19.9. The number of nitrogens with zero attached hydrogens (tertiary/aromatic N) is 3. The van der Waals surface area contributed by atoms with Gasteiger partial charge in [-0.3, -0.25) is 0 Å². The van der Waals surface area contributed by atoms with Crippen LogP contribution in [0.25, 0.3) is 16.6 Å². The number of hydrogen-bond donors (Lipinski definition) is 0. The monoisotopic (exact) mass is 417 g/mol. The summed E-state index contributed by atoms with van der Waals surface area (Å²) in [5, 5.41) is 1.36. The Balaban J connectivity index is 1.62. The lowest BCUT2D eigenvalue weighted by molar-refractivity contribution is 0.414. The third kappa shape index (κ3) is 3.19. The molecule has 0 spiro atoms. The highest BCUT2D eigenvalue weighted by Gasteiger charge is 2.27. The second-order valence-corrected chi connectivity index (χ2v) is 9.01. The van der Waals surface area contributed by atoms with Gasteiger partial charge >= 0.3 is 0 Å². The van der Waals surface area contributed by atoms with Gasteiger partial charge in [0, 0.05) is 43.5 Å². The van der Waals surface area contributed by atoms with Crippen molar-refractivity contribution >= 4 is 38.2 Å². The maximum Gasteiger partial charge on any atom is 0.243 e. The summed E-state index contributed by atoms with van der Waals surface area (Å²) in [5.41, 5.74) is 3.16. The van der Waals surface area contributed by atoms with E-state index >= 15 is 0 Å². The molecule has 1 aliphatic heterocycles. The van der Waals surface area contributed by atoms with Crippen LogP contribution in [0.1, 0.15) is 12.0 Å². The fraction of sp³-hybridized carbons (Fsp3) is 0.250. The van der Waals surface area contributed by atoms with Crippen molar-refractivity contribution in [2.45, 2.75) is 11.3 Å². The minimum Gasteiger partial charge on any atom is -0.495 e. The van der Waals surface area contributed by atoms with E-state index in [2.05, 4.69) is 11.2 Å². The van der Waals surface area contributed by atoms with Crippen LogP contribution in [0.5, 0.6) is 5.75 Å². The summed E-state index contributed by atoms with van der Waals surface area (Å²) < 4.78 is 34.5. The molecule has 3 aromatic rings. The van der Waals surface area contributed by atoms with Crippen molar-refractivity contribution in [1.82, 2.24) is 13.9 Å². The Morgan fingerprint density at radius 2 is 2.07 bits per heavy atom.